The van der Waals surface area contributed by atoms with E-state index in [1.165, 1.54) is 6.42 Å². The second kappa shape index (κ2) is 4.56. The molecule has 1 saturated carbocycles. The van der Waals surface area contributed by atoms with Gasteiger partial charge in [0.25, 0.3) is 0 Å². The van der Waals surface area contributed by atoms with E-state index in [-0.39, 0.29) is 11.6 Å². The number of aliphatic hydroxyl groups is 1. The Hall–Kier alpha value is -1.97. The predicted molar refractivity (Wildman–Crippen MR) is 95.5 cm³/mol. The van der Waals surface area contributed by atoms with Crippen molar-refractivity contribution in [1.82, 2.24) is 9.88 Å². The van der Waals surface area contributed by atoms with Crippen molar-refractivity contribution in [2.75, 3.05) is 6.54 Å². The molecule has 1 N–H and O–H groups in total. The fourth-order valence-corrected chi connectivity index (χ4v) is 5.61. The molecule has 3 nitrogen and oxygen atoms in total. The van der Waals surface area contributed by atoms with E-state index in [9.17, 15) is 5.11 Å². The normalized spacial score (nSPS) is 36.3. The summed E-state index contributed by atoms with van der Waals surface area (Å²) in [6.45, 7) is 9.07. The number of pyridine rings is 1. The highest BCUT2D eigenvalue weighted by Gasteiger charge is 2.77. The predicted octanol–water partition coefficient (Wildman–Crippen LogP) is 3.26. The minimum atomic E-state index is -1.05. The molecule has 3 heterocycles. The summed E-state index contributed by atoms with van der Waals surface area (Å²) in [6.07, 6.45) is 7.88. The zero-order chi connectivity index (χ0) is 16.5. The molecule has 3 fully saturated rings. The van der Waals surface area contributed by atoms with Crippen molar-refractivity contribution in [2.45, 2.75) is 30.0 Å². The molecule has 3 unspecified atom stereocenters. The van der Waals surface area contributed by atoms with Crippen molar-refractivity contribution in [1.29, 1.82) is 0 Å². The van der Waals surface area contributed by atoms with Gasteiger partial charge in [-0.25, -0.2) is 0 Å². The van der Waals surface area contributed by atoms with Crippen LogP contribution in [0.2, 0.25) is 0 Å². The van der Waals surface area contributed by atoms with Crippen LogP contribution >= 0.6 is 0 Å². The van der Waals surface area contributed by atoms with Gasteiger partial charge in [0.05, 0.1) is 5.52 Å². The summed E-state index contributed by atoms with van der Waals surface area (Å²) in [5.41, 5.74) is 1.08. The van der Waals surface area contributed by atoms with Crippen molar-refractivity contribution < 1.29 is 5.11 Å². The van der Waals surface area contributed by atoms with Crippen molar-refractivity contribution in [3.05, 3.63) is 67.4 Å². The highest BCUT2D eigenvalue weighted by atomic mass is 16.3. The highest BCUT2D eigenvalue weighted by molar-refractivity contribution is 5.83. The molecule has 0 radical (unpaired) electrons. The second-order valence-corrected chi connectivity index (χ2v) is 7.46. The molecule has 1 spiro atoms. The average Bonchev–Trinajstić information content (AvgIpc) is 3.22. The van der Waals surface area contributed by atoms with Gasteiger partial charge < -0.3 is 5.11 Å². The molecule has 3 heteroatoms. The molecule has 2 aliphatic heterocycles. The third-order valence-corrected chi connectivity index (χ3v) is 6.84. The largest absolute Gasteiger partial charge is 0.379 e. The molecule has 0 bridgehead atoms. The van der Waals surface area contributed by atoms with Gasteiger partial charge in [-0.2, -0.15) is 0 Å². The minimum Gasteiger partial charge on any atom is -0.379 e. The summed E-state index contributed by atoms with van der Waals surface area (Å²) >= 11 is 0. The molecule has 1 aromatic heterocycles. The molecule has 122 valence electrons. The van der Waals surface area contributed by atoms with E-state index in [1.54, 1.807) is 12.3 Å². The quantitative estimate of drug-likeness (QED) is 0.879. The number of piperidine rings is 1. The van der Waals surface area contributed by atoms with E-state index in [4.69, 9.17) is 0 Å². The molecule has 3 aliphatic rings. The van der Waals surface area contributed by atoms with Gasteiger partial charge in [-0.1, -0.05) is 36.9 Å². The topological polar surface area (TPSA) is 36.4 Å². The Kier molecular flexibility index (Phi) is 2.73. The third-order valence-electron chi connectivity index (χ3n) is 6.84. The van der Waals surface area contributed by atoms with Crippen LogP contribution in [0.15, 0.2) is 61.8 Å². The van der Waals surface area contributed by atoms with Crippen LogP contribution in [0, 0.1) is 11.8 Å². The fourth-order valence-electron chi connectivity index (χ4n) is 5.61. The van der Waals surface area contributed by atoms with Gasteiger partial charge >= 0.3 is 0 Å². The molecular weight excluding hydrogens is 296 g/mol. The molecule has 5 rings (SSSR count). The van der Waals surface area contributed by atoms with E-state index in [2.05, 4.69) is 29.1 Å². The van der Waals surface area contributed by atoms with Crippen molar-refractivity contribution in [3.8, 4) is 0 Å². The van der Waals surface area contributed by atoms with Gasteiger partial charge in [-0.05, 0) is 42.4 Å². The van der Waals surface area contributed by atoms with Crippen LogP contribution in [0.5, 0.6) is 0 Å². The number of nitrogens with zero attached hydrogens (tertiary/aromatic N) is 2. The number of hydrogen-bond donors (Lipinski definition) is 1. The fraction of sp³-hybridized carbons (Fsp3) is 0.381. The smallest absolute Gasteiger partial charge is 0.124 e. The van der Waals surface area contributed by atoms with E-state index < -0.39 is 5.60 Å². The summed E-state index contributed by atoms with van der Waals surface area (Å²) in [4.78, 5) is 6.95. The summed E-state index contributed by atoms with van der Waals surface area (Å²) in [7, 11) is 0. The minimum absolute atomic E-state index is 0.0933. The summed E-state index contributed by atoms with van der Waals surface area (Å²) in [6, 6.07) is 10.1. The van der Waals surface area contributed by atoms with Crippen molar-refractivity contribution in [2.24, 2.45) is 11.8 Å². The summed E-state index contributed by atoms with van der Waals surface area (Å²) in [5.74, 6) is 1.25. The zero-order valence-electron chi connectivity index (χ0n) is 13.7. The van der Waals surface area contributed by atoms with Gasteiger partial charge in [0.2, 0.25) is 0 Å². The Labute approximate surface area is 142 Å². The average molecular weight is 318 g/mol. The Balaban J connectivity index is 1.61. The lowest BCUT2D eigenvalue weighted by atomic mass is 9.80. The maximum atomic E-state index is 11.7. The lowest BCUT2D eigenvalue weighted by Gasteiger charge is -2.49. The summed E-state index contributed by atoms with van der Waals surface area (Å²) < 4.78 is 0. The van der Waals surface area contributed by atoms with Crippen molar-refractivity contribution in [3.63, 3.8) is 0 Å². The van der Waals surface area contributed by atoms with Gasteiger partial charge in [-0.3, -0.25) is 9.88 Å². The number of rotatable bonds is 4. The van der Waals surface area contributed by atoms with Crippen LogP contribution in [-0.2, 0) is 5.60 Å². The number of aromatic nitrogens is 1. The van der Waals surface area contributed by atoms with Crippen LogP contribution in [-0.4, -0.2) is 33.1 Å². The number of benzene rings is 1. The third kappa shape index (κ3) is 1.48. The molecule has 1 aliphatic carbocycles. The standard InChI is InChI=1S/C21H22N2O/c1-3-15-17-13-19(23-12-10-20(15,17)23)21(24,4-2)16-9-11-22-18-8-6-5-7-14(16)18/h3-9,11,15,17,19,24H,1-2,10,12-13H2/t15-,17?,19?,20?,21+/m1/s1. The van der Waals surface area contributed by atoms with Gasteiger partial charge in [0.15, 0.2) is 0 Å². The molecule has 5 atom stereocenters. The monoisotopic (exact) mass is 318 g/mol. The Morgan fingerprint density at radius 2 is 2.12 bits per heavy atom. The van der Waals surface area contributed by atoms with Crippen molar-refractivity contribution >= 4 is 10.9 Å². The van der Waals surface area contributed by atoms with E-state index in [0.29, 0.717) is 11.8 Å². The van der Waals surface area contributed by atoms with E-state index >= 15 is 0 Å². The molecule has 1 aromatic carbocycles. The Bertz CT molecular complexity index is 857. The van der Waals surface area contributed by atoms with Crippen LogP contribution in [0.1, 0.15) is 18.4 Å². The first-order valence-electron chi connectivity index (χ1n) is 8.76. The van der Waals surface area contributed by atoms with E-state index in [0.717, 1.165) is 29.4 Å². The van der Waals surface area contributed by atoms with Crippen LogP contribution in [0.4, 0.5) is 0 Å². The first kappa shape index (κ1) is 14.4. The molecule has 2 saturated heterocycles. The molecule has 2 aromatic rings. The van der Waals surface area contributed by atoms with Gasteiger partial charge in [0.1, 0.15) is 5.60 Å². The first-order valence-corrected chi connectivity index (χ1v) is 8.76. The lowest BCUT2D eigenvalue weighted by molar-refractivity contribution is -0.0600. The first-order chi connectivity index (χ1) is 11.7. The van der Waals surface area contributed by atoms with Crippen LogP contribution in [0.3, 0.4) is 0 Å². The molecule has 0 amide bonds. The summed E-state index contributed by atoms with van der Waals surface area (Å²) in [5, 5.41) is 12.7. The second-order valence-electron chi connectivity index (χ2n) is 7.46. The SMILES string of the molecule is C=C[C@@H]1C2CC([C@](O)(C=C)c3ccnc4ccccc34)N3CCC213. The number of para-hydroxylation sites is 1. The highest BCUT2D eigenvalue weighted by Crippen LogP contribution is 2.71. The Morgan fingerprint density at radius 1 is 1.29 bits per heavy atom. The maximum absolute atomic E-state index is 11.7. The van der Waals surface area contributed by atoms with Crippen LogP contribution in [0.25, 0.3) is 10.9 Å². The Morgan fingerprint density at radius 3 is 2.79 bits per heavy atom. The number of fused-ring (bicyclic) bond motifs is 1. The van der Waals surface area contributed by atoms with E-state index in [1.807, 2.05) is 30.3 Å². The van der Waals surface area contributed by atoms with Crippen LogP contribution < -0.4 is 0 Å². The van der Waals surface area contributed by atoms with Gasteiger partial charge in [-0.15, -0.1) is 6.58 Å². The maximum Gasteiger partial charge on any atom is 0.124 e. The lowest BCUT2D eigenvalue weighted by Crippen LogP contribution is -2.59. The number of hydrogen-bond acceptors (Lipinski definition) is 3. The van der Waals surface area contributed by atoms with Gasteiger partial charge in [0, 0.05) is 29.7 Å². The zero-order valence-corrected chi connectivity index (χ0v) is 13.7. The molecule has 24 heavy (non-hydrogen) atoms. The molecular formula is C21H22N2O.